The lowest BCUT2D eigenvalue weighted by atomic mass is 10.1. The summed E-state index contributed by atoms with van der Waals surface area (Å²) < 4.78 is 26.8. The summed E-state index contributed by atoms with van der Waals surface area (Å²) in [5.41, 5.74) is 0.593. The second-order valence-corrected chi connectivity index (χ2v) is 10.4. The Balaban J connectivity index is 1.44. The van der Waals surface area contributed by atoms with Crippen molar-refractivity contribution in [2.24, 2.45) is 5.92 Å². The molecular formula is C19H22N4O4S2. The maximum atomic E-state index is 12.6. The van der Waals surface area contributed by atoms with E-state index in [1.54, 1.807) is 18.3 Å². The second-order valence-electron chi connectivity index (χ2n) is 7.28. The number of hydrogen-bond donors (Lipinski definition) is 1. The standard InChI is InChI=1S/C19H22N4O4S2/c1-13-11-20-19(28-13)21-18(25)14-10-17(24)23(12-14)15-4-6-16(7-5-15)29(26,27)22-8-2-3-9-22/h4-7,11,14H,2-3,8-10,12H2,1H3,(H,20,21,25)/t14-/m0/s1. The van der Waals surface area contributed by atoms with E-state index in [-0.39, 0.29) is 29.7 Å². The van der Waals surface area contributed by atoms with Crippen LogP contribution in [0, 0.1) is 12.8 Å². The Bertz CT molecular complexity index is 1030. The molecule has 4 rings (SSSR count). The van der Waals surface area contributed by atoms with E-state index in [1.165, 1.54) is 32.7 Å². The molecule has 1 atom stereocenters. The van der Waals surface area contributed by atoms with Crippen molar-refractivity contribution in [3.63, 3.8) is 0 Å². The molecule has 154 valence electrons. The first-order chi connectivity index (χ1) is 13.8. The zero-order valence-electron chi connectivity index (χ0n) is 16.0. The van der Waals surface area contributed by atoms with E-state index in [0.717, 1.165) is 17.7 Å². The molecule has 2 aromatic rings. The molecule has 2 aliphatic heterocycles. The summed E-state index contributed by atoms with van der Waals surface area (Å²) in [5.74, 6) is -0.862. The molecule has 29 heavy (non-hydrogen) atoms. The number of thiazole rings is 1. The Morgan fingerprint density at radius 2 is 1.90 bits per heavy atom. The van der Waals surface area contributed by atoms with E-state index in [0.29, 0.717) is 23.9 Å². The van der Waals surface area contributed by atoms with Crippen LogP contribution in [0.5, 0.6) is 0 Å². The highest BCUT2D eigenvalue weighted by molar-refractivity contribution is 7.89. The fourth-order valence-corrected chi connectivity index (χ4v) is 5.81. The number of rotatable bonds is 5. The molecule has 10 heteroatoms. The average molecular weight is 435 g/mol. The SMILES string of the molecule is Cc1cnc(NC(=O)[C@H]2CC(=O)N(c3ccc(S(=O)(=O)N4CCCC4)cc3)C2)s1. The Kier molecular flexibility index (Phi) is 5.41. The number of nitrogens with zero attached hydrogens (tertiary/aromatic N) is 3. The van der Waals surface area contributed by atoms with Gasteiger partial charge in [-0.25, -0.2) is 13.4 Å². The van der Waals surface area contributed by atoms with Crippen molar-refractivity contribution in [3.8, 4) is 0 Å². The third-order valence-electron chi connectivity index (χ3n) is 5.20. The minimum absolute atomic E-state index is 0.115. The summed E-state index contributed by atoms with van der Waals surface area (Å²) >= 11 is 1.38. The van der Waals surface area contributed by atoms with Crippen LogP contribution >= 0.6 is 11.3 Å². The number of aromatic nitrogens is 1. The summed E-state index contributed by atoms with van der Waals surface area (Å²) in [4.78, 5) is 31.8. The van der Waals surface area contributed by atoms with Gasteiger partial charge in [0, 0.05) is 42.8 Å². The number of carbonyl (C=O) groups excluding carboxylic acids is 2. The first kappa shape index (κ1) is 20.0. The Morgan fingerprint density at radius 1 is 1.21 bits per heavy atom. The lowest BCUT2D eigenvalue weighted by molar-refractivity contribution is -0.122. The van der Waals surface area contributed by atoms with Gasteiger partial charge in [0.25, 0.3) is 0 Å². The average Bonchev–Trinajstić information content (AvgIpc) is 3.43. The molecule has 2 amide bonds. The highest BCUT2D eigenvalue weighted by Crippen LogP contribution is 2.29. The molecular weight excluding hydrogens is 412 g/mol. The van der Waals surface area contributed by atoms with E-state index in [9.17, 15) is 18.0 Å². The molecule has 1 N–H and O–H groups in total. The van der Waals surface area contributed by atoms with Crippen LogP contribution in [0.1, 0.15) is 24.1 Å². The van der Waals surface area contributed by atoms with Gasteiger partial charge in [0.15, 0.2) is 5.13 Å². The molecule has 2 fully saturated rings. The summed E-state index contributed by atoms with van der Waals surface area (Å²) in [7, 11) is -3.49. The van der Waals surface area contributed by atoms with Gasteiger partial charge in [0.05, 0.1) is 10.8 Å². The van der Waals surface area contributed by atoms with Crippen LogP contribution in [-0.4, -0.2) is 49.2 Å². The molecule has 8 nitrogen and oxygen atoms in total. The Hall–Kier alpha value is -2.30. The predicted molar refractivity (Wildman–Crippen MR) is 110 cm³/mol. The number of carbonyl (C=O) groups is 2. The topological polar surface area (TPSA) is 99.7 Å². The van der Waals surface area contributed by atoms with Crippen LogP contribution in [0.25, 0.3) is 0 Å². The van der Waals surface area contributed by atoms with Gasteiger partial charge in [-0.15, -0.1) is 11.3 Å². The van der Waals surface area contributed by atoms with Crippen LogP contribution in [0.3, 0.4) is 0 Å². The third-order valence-corrected chi connectivity index (χ3v) is 7.94. The number of benzene rings is 1. The molecule has 0 bridgehead atoms. The van der Waals surface area contributed by atoms with E-state index < -0.39 is 15.9 Å². The summed E-state index contributed by atoms with van der Waals surface area (Å²) in [6.07, 6.45) is 3.56. The van der Waals surface area contributed by atoms with Crippen molar-refractivity contribution in [1.29, 1.82) is 0 Å². The molecule has 0 spiro atoms. The molecule has 2 aliphatic rings. The van der Waals surface area contributed by atoms with Crippen molar-refractivity contribution in [3.05, 3.63) is 35.3 Å². The summed E-state index contributed by atoms with van der Waals surface area (Å²) in [6, 6.07) is 6.32. The van der Waals surface area contributed by atoms with Crippen LogP contribution < -0.4 is 10.2 Å². The van der Waals surface area contributed by atoms with Gasteiger partial charge in [0.1, 0.15) is 0 Å². The fraction of sp³-hybridized carbons (Fsp3) is 0.421. The van der Waals surface area contributed by atoms with Crippen LogP contribution in [0.15, 0.2) is 35.4 Å². The molecule has 0 unspecified atom stereocenters. The molecule has 3 heterocycles. The highest BCUT2D eigenvalue weighted by atomic mass is 32.2. The summed E-state index contributed by atoms with van der Waals surface area (Å²) in [5, 5.41) is 3.29. The minimum Gasteiger partial charge on any atom is -0.312 e. The number of anilines is 2. The number of amides is 2. The van der Waals surface area contributed by atoms with Crippen LogP contribution in [-0.2, 0) is 19.6 Å². The minimum atomic E-state index is -3.49. The van der Waals surface area contributed by atoms with E-state index in [4.69, 9.17) is 0 Å². The smallest absolute Gasteiger partial charge is 0.243 e. The monoisotopic (exact) mass is 434 g/mol. The Labute approximate surface area is 173 Å². The van der Waals surface area contributed by atoms with Gasteiger partial charge < -0.3 is 10.2 Å². The van der Waals surface area contributed by atoms with E-state index in [1.807, 2.05) is 6.92 Å². The van der Waals surface area contributed by atoms with Gasteiger partial charge in [0.2, 0.25) is 21.8 Å². The predicted octanol–water partition coefficient (Wildman–Crippen LogP) is 2.23. The Morgan fingerprint density at radius 3 is 2.52 bits per heavy atom. The first-order valence-electron chi connectivity index (χ1n) is 9.48. The summed E-state index contributed by atoms with van der Waals surface area (Å²) in [6.45, 7) is 3.25. The lowest BCUT2D eigenvalue weighted by Crippen LogP contribution is -2.29. The third kappa shape index (κ3) is 4.05. The normalized spacial score (nSPS) is 20.4. The number of hydrogen-bond acceptors (Lipinski definition) is 6. The van der Waals surface area contributed by atoms with Crippen molar-refractivity contribution >= 4 is 44.0 Å². The van der Waals surface area contributed by atoms with E-state index >= 15 is 0 Å². The number of nitrogens with one attached hydrogen (secondary N) is 1. The van der Waals surface area contributed by atoms with Gasteiger partial charge in [-0.2, -0.15) is 4.31 Å². The quantitative estimate of drug-likeness (QED) is 0.778. The van der Waals surface area contributed by atoms with Gasteiger partial charge in [-0.1, -0.05) is 0 Å². The second kappa shape index (κ2) is 7.85. The molecule has 0 aliphatic carbocycles. The zero-order chi connectivity index (χ0) is 20.6. The number of aryl methyl sites for hydroxylation is 1. The molecule has 1 aromatic heterocycles. The molecule has 0 radical (unpaired) electrons. The van der Waals surface area contributed by atoms with E-state index in [2.05, 4.69) is 10.3 Å². The largest absolute Gasteiger partial charge is 0.312 e. The highest BCUT2D eigenvalue weighted by Gasteiger charge is 2.36. The van der Waals surface area contributed by atoms with Crippen molar-refractivity contribution < 1.29 is 18.0 Å². The van der Waals surface area contributed by atoms with Gasteiger partial charge >= 0.3 is 0 Å². The van der Waals surface area contributed by atoms with Crippen LogP contribution in [0.2, 0.25) is 0 Å². The lowest BCUT2D eigenvalue weighted by Gasteiger charge is -2.19. The van der Waals surface area contributed by atoms with Crippen molar-refractivity contribution in [1.82, 2.24) is 9.29 Å². The maximum absolute atomic E-state index is 12.6. The van der Waals surface area contributed by atoms with Gasteiger partial charge in [-0.3, -0.25) is 9.59 Å². The zero-order valence-corrected chi connectivity index (χ0v) is 17.6. The van der Waals surface area contributed by atoms with Gasteiger partial charge in [-0.05, 0) is 44.0 Å². The molecule has 0 saturated carbocycles. The van der Waals surface area contributed by atoms with Crippen LogP contribution in [0.4, 0.5) is 10.8 Å². The van der Waals surface area contributed by atoms with Crippen molar-refractivity contribution in [2.75, 3.05) is 29.9 Å². The number of sulfonamides is 1. The molecule has 1 aromatic carbocycles. The first-order valence-corrected chi connectivity index (χ1v) is 11.7. The van der Waals surface area contributed by atoms with Crippen molar-refractivity contribution in [2.45, 2.75) is 31.1 Å². The maximum Gasteiger partial charge on any atom is 0.243 e. The molecule has 2 saturated heterocycles. The fourth-order valence-electron chi connectivity index (χ4n) is 3.63.